The van der Waals surface area contributed by atoms with Crippen molar-refractivity contribution in [3.63, 3.8) is 0 Å². The highest BCUT2D eigenvalue weighted by Crippen LogP contribution is 2.38. The molecule has 2 aliphatic rings. The fourth-order valence-electron chi connectivity index (χ4n) is 3.99. The molecule has 26 heavy (non-hydrogen) atoms. The van der Waals surface area contributed by atoms with Gasteiger partial charge in [0.05, 0.1) is 10.6 Å². The summed E-state index contributed by atoms with van der Waals surface area (Å²) >= 11 is 3.15. The van der Waals surface area contributed by atoms with Crippen LogP contribution in [0.5, 0.6) is 0 Å². The molecule has 1 atom stereocenters. The van der Waals surface area contributed by atoms with Crippen molar-refractivity contribution in [3.8, 4) is 0 Å². The van der Waals surface area contributed by atoms with Gasteiger partial charge in [-0.25, -0.2) is 9.97 Å². The third-order valence-corrected chi connectivity index (χ3v) is 7.57. The van der Waals surface area contributed by atoms with E-state index in [0.717, 1.165) is 35.9 Å². The molecule has 0 aliphatic heterocycles. The summed E-state index contributed by atoms with van der Waals surface area (Å²) < 4.78 is 0. The number of amides is 1. The number of nitrogens with one attached hydrogen (secondary N) is 1. The van der Waals surface area contributed by atoms with Crippen molar-refractivity contribution < 1.29 is 4.79 Å². The predicted molar refractivity (Wildman–Crippen MR) is 109 cm³/mol. The molecule has 0 saturated heterocycles. The van der Waals surface area contributed by atoms with Crippen LogP contribution in [0.15, 0.2) is 5.16 Å². The van der Waals surface area contributed by atoms with Crippen LogP contribution in [-0.2, 0) is 17.6 Å². The quantitative estimate of drug-likeness (QED) is 0.607. The van der Waals surface area contributed by atoms with E-state index >= 15 is 0 Å². The van der Waals surface area contributed by atoms with E-state index in [0.29, 0.717) is 17.0 Å². The summed E-state index contributed by atoms with van der Waals surface area (Å²) in [6, 6.07) is 0.330. The number of nitrogens with zero attached hydrogens (tertiary/aromatic N) is 2. The zero-order valence-electron chi connectivity index (χ0n) is 15.2. The van der Waals surface area contributed by atoms with E-state index in [1.54, 1.807) is 11.3 Å². The first-order chi connectivity index (χ1) is 12.6. The monoisotopic (exact) mass is 390 g/mol. The maximum absolute atomic E-state index is 12.5. The first-order valence-electron chi connectivity index (χ1n) is 9.66. The minimum absolute atomic E-state index is 0.0784. The largest absolute Gasteiger partial charge is 0.383 e. The molecule has 3 N–H and O–H groups in total. The molecule has 2 heterocycles. The number of aryl methyl sites for hydroxylation is 2. The van der Waals surface area contributed by atoms with Gasteiger partial charge in [-0.1, -0.05) is 31.0 Å². The van der Waals surface area contributed by atoms with Crippen molar-refractivity contribution in [2.75, 3.05) is 5.73 Å². The molecule has 1 unspecified atom stereocenters. The fraction of sp³-hybridized carbons (Fsp3) is 0.632. The van der Waals surface area contributed by atoms with Crippen LogP contribution in [0.2, 0.25) is 0 Å². The molecule has 5 nitrogen and oxygen atoms in total. The summed E-state index contributed by atoms with van der Waals surface area (Å²) in [5.41, 5.74) is 7.62. The van der Waals surface area contributed by atoms with Crippen LogP contribution in [0.3, 0.4) is 0 Å². The van der Waals surface area contributed by atoms with Crippen LogP contribution in [0.1, 0.15) is 62.3 Å². The fourth-order valence-corrected chi connectivity index (χ4v) is 6.11. The van der Waals surface area contributed by atoms with Crippen molar-refractivity contribution >= 4 is 45.0 Å². The molecule has 2 aromatic heterocycles. The lowest BCUT2D eigenvalue weighted by Crippen LogP contribution is -2.40. The van der Waals surface area contributed by atoms with Gasteiger partial charge in [-0.05, 0) is 51.0 Å². The number of fused-ring (bicyclic) bond motifs is 3. The molecule has 140 valence electrons. The van der Waals surface area contributed by atoms with Crippen LogP contribution in [-0.4, -0.2) is 27.2 Å². The van der Waals surface area contributed by atoms with Crippen LogP contribution in [0.25, 0.3) is 10.2 Å². The summed E-state index contributed by atoms with van der Waals surface area (Å²) in [4.78, 5) is 24.1. The van der Waals surface area contributed by atoms with Gasteiger partial charge in [0, 0.05) is 10.9 Å². The van der Waals surface area contributed by atoms with E-state index in [-0.39, 0.29) is 11.2 Å². The highest BCUT2D eigenvalue weighted by molar-refractivity contribution is 8.00. The molecule has 0 bridgehead atoms. The number of carbonyl (C=O) groups excluding carboxylic acids is 1. The Balaban J connectivity index is 1.48. The van der Waals surface area contributed by atoms with E-state index < -0.39 is 0 Å². The number of rotatable bonds is 4. The van der Waals surface area contributed by atoms with Gasteiger partial charge in [-0.3, -0.25) is 4.79 Å². The Kier molecular flexibility index (Phi) is 5.36. The van der Waals surface area contributed by atoms with Gasteiger partial charge in [-0.15, -0.1) is 11.3 Å². The first-order valence-corrected chi connectivity index (χ1v) is 11.4. The minimum atomic E-state index is -0.219. The van der Waals surface area contributed by atoms with Crippen LogP contribution in [0.4, 0.5) is 5.82 Å². The Morgan fingerprint density at radius 1 is 1.19 bits per heavy atom. The number of nitrogens with two attached hydrogens (primary N) is 1. The van der Waals surface area contributed by atoms with Gasteiger partial charge in [0.2, 0.25) is 5.91 Å². The summed E-state index contributed by atoms with van der Waals surface area (Å²) in [5.74, 6) is 0.645. The zero-order chi connectivity index (χ0) is 18.1. The molecule has 7 heteroatoms. The van der Waals surface area contributed by atoms with Gasteiger partial charge in [-0.2, -0.15) is 0 Å². The van der Waals surface area contributed by atoms with Crippen molar-refractivity contribution in [3.05, 3.63) is 10.4 Å². The third kappa shape index (κ3) is 3.69. The summed E-state index contributed by atoms with van der Waals surface area (Å²) in [6.07, 6.45) is 10.6. The highest BCUT2D eigenvalue weighted by Gasteiger charge is 2.23. The van der Waals surface area contributed by atoms with E-state index in [4.69, 9.17) is 10.7 Å². The van der Waals surface area contributed by atoms with Crippen molar-refractivity contribution in [1.82, 2.24) is 15.3 Å². The summed E-state index contributed by atoms with van der Waals surface area (Å²) in [6.45, 7) is 1.92. The standard InChI is InChI=1S/C19H26N4OS2/c1-11(17(24)21-12-7-3-2-4-8-12)25-19-22-16(20)15-13-9-5-6-10-14(13)26-18(15)23-19/h11-12H,2-10H2,1H3,(H,21,24)(H2,20,22,23). The number of hydrogen-bond donors (Lipinski definition) is 2. The maximum atomic E-state index is 12.5. The van der Waals surface area contributed by atoms with Crippen LogP contribution >= 0.6 is 23.1 Å². The molecule has 1 amide bonds. The van der Waals surface area contributed by atoms with Gasteiger partial charge in [0.1, 0.15) is 10.6 Å². The number of thiophene rings is 1. The molecular weight excluding hydrogens is 364 g/mol. The van der Waals surface area contributed by atoms with Crippen LogP contribution < -0.4 is 11.1 Å². The number of anilines is 1. The Morgan fingerprint density at radius 2 is 1.96 bits per heavy atom. The Hall–Kier alpha value is -1.34. The van der Waals surface area contributed by atoms with E-state index in [1.165, 1.54) is 54.3 Å². The first kappa shape index (κ1) is 18.0. The lowest BCUT2D eigenvalue weighted by atomic mass is 9.95. The number of hydrogen-bond acceptors (Lipinski definition) is 6. The second-order valence-corrected chi connectivity index (χ2v) is 9.78. The van der Waals surface area contributed by atoms with Gasteiger partial charge in [0.25, 0.3) is 0 Å². The van der Waals surface area contributed by atoms with Gasteiger partial charge in [0.15, 0.2) is 5.16 Å². The second-order valence-electron chi connectivity index (χ2n) is 7.39. The van der Waals surface area contributed by atoms with Gasteiger partial charge < -0.3 is 11.1 Å². The molecule has 0 spiro atoms. The maximum Gasteiger partial charge on any atom is 0.233 e. The Morgan fingerprint density at radius 3 is 2.77 bits per heavy atom. The molecule has 2 aliphatic carbocycles. The average molecular weight is 391 g/mol. The van der Waals surface area contributed by atoms with E-state index in [2.05, 4.69) is 10.3 Å². The highest BCUT2D eigenvalue weighted by atomic mass is 32.2. The number of aromatic nitrogens is 2. The molecule has 4 rings (SSSR count). The predicted octanol–water partition coefficient (Wildman–Crippen LogP) is 4.08. The molecule has 1 fully saturated rings. The number of carbonyl (C=O) groups is 1. The lowest BCUT2D eigenvalue weighted by molar-refractivity contribution is -0.121. The van der Waals surface area contributed by atoms with Crippen molar-refractivity contribution in [1.29, 1.82) is 0 Å². The van der Waals surface area contributed by atoms with Crippen molar-refractivity contribution in [2.45, 2.75) is 81.2 Å². The summed E-state index contributed by atoms with van der Waals surface area (Å²) in [7, 11) is 0. The topological polar surface area (TPSA) is 80.9 Å². The molecule has 2 aromatic rings. The smallest absolute Gasteiger partial charge is 0.233 e. The Bertz CT molecular complexity index is 813. The second kappa shape index (κ2) is 7.72. The number of thioether (sulfide) groups is 1. The van der Waals surface area contributed by atoms with E-state index in [1.807, 2.05) is 6.92 Å². The minimum Gasteiger partial charge on any atom is -0.383 e. The Labute approximate surface area is 162 Å². The lowest BCUT2D eigenvalue weighted by Gasteiger charge is -2.24. The van der Waals surface area contributed by atoms with Crippen LogP contribution in [0, 0.1) is 0 Å². The summed E-state index contributed by atoms with van der Waals surface area (Å²) in [5, 5.41) is 4.63. The van der Waals surface area contributed by atoms with E-state index in [9.17, 15) is 4.79 Å². The zero-order valence-corrected chi connectivity index (χ0v) is 16.8. The van der Waals surface area contributed by atoms with Gasteiger partial charge >= 0.3 is 0 Å². The average Bonchev–Trinajstić information content (AvgIpc) is 3.01. The third-order valence-electron chi connectivity index (χ3n) is 5.43. The molecular formula is C19H26N4OS2. The number of nitrogen functional groups attached to an aromatic ring is 1. The SMILES string of the molecule is CC(Sc1nc(N)c2c3c(sc2n1)CCCC3)C(=O)NC1CCCCC1. The molecule has 0 radical (unpaired) electrons. The van der Waals surface area contributed by atoms with Crippen molar-refractivity contribution in [2.24, 2.45) is 0 Å². The normalized spacial score (nSPS) is 19.3. The molecule has 1 saturated carbocycles. The molecule has 0 aromatic carbocycles.